The Morgan fingerprint density at radius 1 is 0.882 bits per heavy atom. The van der Waals surface area contributed by atoms with Crippen molar-refractivity contribution < 1.29 is 17.9 Å². The summed E-state index contributed by atoms with van der Waals surface area (Å²) in [5.41, 5.74) is -0.105. The third-order valence-electron chi connectivity index (χ3n) is 6.37. The summed E-state index contributed by atoms with van der Waals surface area (Å²) < 4.78 is 45.7. The van der Waals surface area contributed by atoms with E-state index in [1.165, 1.54) is 6.07 Å². The van der Waals surface area contributed by atoms with Gasteiger partial charge in [-0.25, -0.2) is 0 Å². The highest BCUT2D eigenvalue weighted by Crippen LogP contribution is 2.48. The summed E-state index contributed by atoms with van der Waals surface area (Å²) in [5, 5.41) is 4.69. The van der Waals surface area contributed by atoms with Gasteiger partial charge in [-0.1, -0.05) is 47.5 Å². The average Bonchev–Trinajstić information content (AvgIpc) is 3.06. The van der Waals surface area contributed by atoms with Crippen LogP contribution in [0.25, 0.3) is 0 Å². The van der Waals surface area contributed by atoms with Gasteiger partial charge < -0.3 is 10.1 Å². The molecule has 1 aliphatic rings. The SMILES string of the molecule is CCOc1cc(C(F)(F)F)ccc1C1=N[C@@](C)(c2ccc(Cl)cc2)[C@](C)(c2ccc(Cl)cc2)N1. The van der Waals surface area contributed by atoms with E-state index >= 15 is 0 Å². The molecule has 1 heterocycles. The van der Waals surface area contributed by atoms with Crippen molar-refractivity contribution in [2.75, 3.05) is 6.61 Å². The Hall–Kier alpha value is -2.70. The summed E-state index contributed by atoms with van der Waals surface area (Å²) in [6.45, 7) is 5.93. The second kappa shape index (κ2) is 8.82. The van der Waals surface area contributed by atoms with Crippen molar-refractivity contribution in [2.24, 2.45) is 4.99 Å². The fourth-order valence-corrected chi connectivity index (χ4v) is 4.53. The molecule has 3 nitrogen and oxygen atoms in total. The Kier molecular flexibility index (Phi) is 6.34. The summed E-state index contributed by atoms with van der Waals surface area (Å²) >= 11 is 12.3. The molecule has 0 saturated heterocycles. The lowest BCUT2D eigenvalue weighted by Gasteiger charge is -2.40. The molecule has 0 fully saturated rings. The standard InChI is InChI=1S/C26H23Cl2F3N2O/c1-4-34-22-15-18(26(29,30)31)9-14-21(22)23-32-24(2,16-5-10-19(27)11-6-16)25(3,33-23)17-7-12-20(28)13-8-17/h5-15H,4H2,1-3H3,(H,32,33)/t24-,25-/m0/s1. The third-order valence-corrected chi connectivity index (χ3v) is 6.87. The first kappa shape index (κ1) is 24.4. The summed E-state index contributed by atoms with van der Waals surface area (Å²) in [5.74, 6) is 0.550. The van der Waals surface area contributed by atoms with Crippen LogP contribution < -0.4 is 10.1 Å². The predicted molar refractivity (Wildman–Crippen MR) is 130 cm³/mol. The number of aliphatic imine (C=N–C) groups is 1. The van der Waals surface area contributed by atoms with Crippen LogP contribution in [-0.2, 0) is 17.3 Å². The Balaban J connectivity index is 1.90. The second-order valence-electron chi connectivity index (χ2n) is 8.44. The van der Waals surface area contributed by atoms with Gasteiger partial charge in [-0.05, 0) is 74.4 Å². The van der Waals surface area contributed by atoms with E-state index in [0.29, 0.717) is 21.4 Å². The first-order valence-electron chi connectivity index (χ1n) is 10.7. The van der Waals surface area contributed by atoms with Gasteiger partial charge >= 0.3 is 6.18 Å². The maximum Gasteiger partial charge on any atom is 0.416 e. The molecule has 1 N–H and O–H groups in total. The van der Waals surface area contributed by atoms with Gasteiger partial charge in [0.15, 0.2) is 0 Å². The number of hydrogen-bond acceptors (Lipinski definition) is 3. The number of ether oxygens (including phenoxy) is 1. The summed E-state index contributed by atoms with van der Waals surface area (Å²) in [4.78, 5) is 5.05. The van der Waals surface area contributed by atoms with Crippen LogP contribution in [0.15, 0.2) is 71.7 Å². The van der Waals surface area contributed by atoms with Crippen molar-refractivity contribution in [3.63, 3.8) is 0 Å². The van der Waals surface area contributed by atoms with Gasteiger partial charge in [0, 0.05) is 10.0 Å². The number of amidine groups is 1. The van der Waals surface area contributed by atoms with Crippen LogP contribution >= 0.6 is 23.2 Å². The molecule has 3 aromatic carbocycles. The lowest BCUT2D eigenvalue weighted by atomic mass is 9.72. The lowest BCUT2D eigenvalue weighted by molar-refractivity contribution is -0.137. The van der Waals surface area contributed by atoms with Crippen molar-refractivity contribution in [3.8, 4) is 5.75 Å². The molecule has 0 unspecified atom stereocenters. The topological polar surface area (TPSA) is 33.6 Å². The van der Waals surface area contributed by atoms with Crippen molar-refractivity contribution in [1.82, 2.24) is 5.32 Å². The maximum atomic E-state index is 13.3. The third kappa shape index (κ3) is 4.25. The van der Waals surface area contributed by atoms with Gasteiger partial charge in [0.25, 0.3) is 0 Å². The molecule has 0 amide bonds. The number of rotatable bonds is 5. The monoisotopic (exact) mass is 506 g/mol. The first-order chi connectivity index (χ1) is 16.0. The summed E-state index contributed by atoms with van der Waals surface area (Å²) in [6.07, 6.45) is -4.48. The number of hydrogen-bond donors (Lipinski definition) is 1. The molecule has 34 heavy (non-hydrogen) atoms. The Morgan fingerprint density at radius 2 is 1.44 bits per heavy atom. The van der Waals surface area contributed by atoms with Crippen molar-refractivity contribution >= 4 is 29.0 Å². The molecule has 2 atom stereocenters. The van der Waals surface area contributed by atoms with E-state index < -0.39 is 22.8 Å². The molecule has 1 aliphatic heterocycles. The molecular formula is C26H23Cl2F3N2O. The van der Waals surface area contributed by atoms with Gasteiger partial charge in [0.1, 0.15) is 17.1 Å². The molecule has 0 aromatic heterocycles. The minimum atomic E-state index is -4.48. The molecule has 8 heteroatoms. The van der Waals surface area contributed by atoms with E-state index in [2.05, 4.69) is 5.32 Å². The highest BCUT2D eigenvalue weighted by Gasteiger charge is 2.52. The second-order valence-corrected chi connectivity index (χ2v) is 9.31. The van der Waals surface area contributed by atoms with Crippen LogP contribution in [0.5, 0.6) is 5.75 Å². The van der Waals surface area contributed by atoms with E-state index in [9.17, 15) is 13.2 Å². The molecule has 0 spiro atoms. The molecule has 3 aromatic rings. The average molecular weight is 507 g/mol. The number of benzene rings is 3. The van der Waals surface area contributed by atoms with Crippen LogP contribution in [-0.4, -0.2) is 12.4 Å². The first-order valence-corrected chi connectivity index (χ1v) is 11.5. The number of nitrogens with one attached hydrogen (secondary N) is 1. The molecule has 178 valence electrons. The van der Waals surface area contributed by atoms with Crippen LogP contribution in [0.2, 0.25) is 10.0 Å². The van der Waals surface area contributed by atoms with Crippen molar-refractivity contribution in [2.45, 2.75) is 38.0 Å². The highest BCUT2D eigenvalue weighted by atomic mass is 35.5. The zero-order valence-corrected chi connectivity index (χ0v) is 20.3. The van der Waals surface area contributed by atoms with E-state index in [1.807, 2.05) is 38.1 Å². The zero-order chi connectivity index (χ0) is 24.7. The van der Waals surface area contributed by atoms with Crippen LogP contribution in [0, 0.1) is 0 Å². The van der Waals surface area contributed by atoms with E-state index in [-0.39, 0.29) is 12.4 Å². The lowest BCUT2D eigenvalue weighted by Crippen LogP contribution is -2.50. The molecule has 0 aliphatic carbocycles. The number of alkyl halides is 3. The molecule has 0 radical (unpaired) electrons. The fourth-order valence-electron chi connectivity index (χ4n) is 4.28. The summed E-state index contributed by atoms with van der Waals surface area (Å²) in [7, 11) is 0. The van der Waals surface area contributed by atoms with E-state index in [1.54, 1.807) is 31.2 Å². The Morgan fingerprint density at radius 3 is 1.97 bits per heavy atom. The number of halogens is 5. The van der Waals surface area contributed by atoms with Gasteiger partial charge in [0.2, 0.25) is 0 Å². The van der Waals surface area contributed by atoms with Gasteiger partial charge in [-0.15, -0.1) is 0 Å². The fraction of sp³-hybridized carbons (Fsp3) is 0.269. The van der Waals surface area contributed by atoms with Crippen molar-refractivity contribution in [1.29, 1.82) is 0 Å². The minimum absolute atomic E-state index is 0.113. The van der Waals surface area contributed by atoms with E-state index in [4.69, 9.17) is 32.9 Å². The van der Waals surface area contributed by atoms with E-state index in [0.717, 1.165) is 23.3 Å². The Labute approximate surface area is 206 Å². The highest BCUT2D eigenvalue weighted by molar-refractivity contribution is 6.30. The molecule has 0 bridgehead atoms. The van der Waals surface area contributed by atoms with Crippen molar-refractivity contribution in [3.05, 3.63) is 99.0 Å². The quantitative estimate of drug-likeness (QED) is 0.386. The van der Waals surface area contributed by atoms with Crippen LogP contribution in [0.3, 0.4) is 0 Å². The summed E-state index contributed by atoms with van der Waals surface area (Å²) in [6, 6.07) is 18.3. The predicted octanol–water partition coefficient (Wildman–Crippen LogP) is 7.59. The van der Waals surface area contributed by atoms with Gasteiger partial charge in [-0.2, -0.15) is 13.2 Å². The van der Waals surface area contributed by atoms with Crippen LogP contribution in [0.4, 0.5) is 13.2 Å². The normalized spacial score (nSPS) is 22.3. The largest absolute Gasteiger partial charge is 0.493 e. The molecular weight excluding hydrogens is 484 g/mol. The smallest absolute Gasteiger partial charge is 0.416 e. The Bertz CT molecular complexity index is 1230. The van der Waals surface area contributed by atoms with Crippen LogP contribution in [0.1, 0.15) is 43.0 Å². The minimum Gasteiger partial charge on any atom is -0.493 e. The van der Waals surface area contributed by atoms with Gasteiger partial charge in [0.05, 0.1) is 23.3 Å². The zero-order valence-electron chi connectivity index (χ0n) is 18.8. The number of nitrogens with zero attached hydrogens (tertiary/aromatic N) is 1. The molecule has 4 rings (SSSR count). The molecule has 0 saturated carbocycles. The maximum absolute atomic E-state index is 13.3. The van der Waals surface area contributed by atoms with Gasteiger partial charge in [-0.3, -0.25) is 4.99 Å².